The molecule has 1 aromatic carbocycles. The van der Waals surface area contributed by atoms with Gasteiger partial charge in [0.1, 0.15) is 5.82 Å². The van der Waals surface area contributed by atoms with Crippen LogP contribution < -0.4 is 5.46 Å². The summed E-state index contributed by atoms with van der Waals surface area (Å²) < 4.78 is 39.6. The van der Waals surface area contributed by atoms with E-state index in [-0.39, 0.29) is 10.5 Å². The number of hydrogen-bond donors (Lipinski definition) is 2. The van der Waals surface area contributed by atoms with Gasteiger partial charge in [0.15, 0.2) is 0 Å². The third-order valence-corrected chi connectivity index (χ3v) is 5.30. The zero-order valence-electron chi connectivity index (χ0n) is 10.5. The average molecular weight is 287 g/mol. The molecule has 0 radical (unpaired) electrons. The molecular formula is C11H15BFNO4S. The van der Waals surface area contributed by atoms with Crippen molar-refractivity contribution in [2.45, 2.75) is 24.7 Å². The maximum atomic E-state index is 13.5. The fourth-order valence-corrected chi connectivity index (χ4v) is 3.97. The monoisotopic (exact) mass is 287 g/mol. The second kappa shape index (κ2) is 5.20. The van der Waals surface area contributed by atoms with Gasteiger partial charge in [0.05, 0.1) is 4.90 Å². The summed E-state index contributed by atoms with van der Waals surface area (Å²) in [6.07, 6.45) is 1.60. The lowest BCUT2D eigenvalue weighted by molar-refractivity contribution is 0.423. The van der Waals surface area contributed by atoms with E-state index in [1.165, 1.54) is 11.2 Å². The number of hydrogen-bond acceptors (Lipinski definition) is 4. The van der Waals surface area contributed by atoms with Crippen LogP contribution >= 0.6 is 0 Å². The summed E-state index contributed by atoms with van der Waals surface area (Å²) >= 11 is 0. The molecule has 0 atom stereocenters. The molecular weight excluding hydrogens is 272 g/mol. The van der Waals surface area contributed by atoms with Crippen LogP contribution in [0.1, 0.15) is 18.4 Å². The van der Waals surface area contributed by atoms with Crippen LogP contribution in [0.5, 0.6) is 0 Å². The van der Waals surface area contributed by atoms with E-state index in [2.05, 4.69) is 0 Å². The van der Waals surface area contributed by atoms with Gasteiger partial charge in [0.25, 0.3) is 0 Å². The predicted molar refractivity (Wildman–Crippen MR) is 69.0 cm³/mol. The fraction of sp³-hybridized carbons (Fsp3) is 0.455. The first-order valence-electron chi connectivity index (χ1n) is 6.00. The number of aryl methyl sites for hydroxylation is 1. The molecule has 1 aliphatic rings. The van der Waals surface area contributed by atoms with Gasteiger partial charge in [-0.05, 0) is 37.5 Å². The molecule has 1 aromatic rings. The molecule has 0 aromatic heterocycles. The van der Waals surface area contributed by atoms with Gasteiger partial charge in [-0.1, -0.05) is 0 Å². The van der Waals surface area contributed by atoms with Gasteiger partial charge in [-0.15, -0.1) is 0 Å². The van der Waals surface area contributed by atoms with Crippen molar-refractivity contribution in [3.05, 3.63) is 23.5 Å². The minimum absolute atomic E-state index is 0.0705. The summed E-state index contributed by atoms with van der Waals surface area (Å²) in [4.78, 5) is -0.0705. The summed E-state index contributed by atoms with van der Waals surface area (Å²) in [7, 11) is -5.73. The standard InChI is InChI=1S/C11H15BFNO4S/c1-8-6-10(13)9(12(15)16)7-11(8)19(17,18)14-4-2-3-5-14/h6-7,15-16H,2-5H2,1H3. The average Bonchev–Trinajstić information content (AvgIpc) is 2.81. The first kappa shape index (κ1) is 14.5. The van der Waals surface area contributed by atoms with Gasteiger partial charge in [-0.2, -0.15) is 4.31 Å². The summed E-state index contributed by atoms with van der Waals surface area (Å²) in [5.74, 6) is -0.826. The fourth-order valence-electron chi connectivity index (χ4n) is 2.21. The Bertz CT molecular complexity index is 585. The third kappa shape index (κ3) is 2.67. The number of benzene rings is 1. The van der Waals surface area contributed by atoms with Crippen molar-refractivity contribution in [2.75, 3.05) is 13.1 Å². The smallest absolute Gasteiger partial charge is 0.423 e. The van der Waals surface area contributed by atoms with Crippen LogP contribution in [0, 0.1) is 12.7 Å². The molecule has 0 bridgehead atoms. The van der Waals surface area contributed by atoms with Crippen molar-refractivity contribution >= 4 is 22.6 Å². The van der Waals surface area contributed by atoms with E-state index < -0.39 is 28.4 Å². The number of halogens is 1. The molecule has 8 heteroatoms. The van der Waals surface area contributed by atoms with Crippen molar-refractivity contribution in [3.63, 3.8) is 0 Å². The molecule has 0 spiro atoms. The van der Waals surface area contributed by atoms with Gasteiger partial charge < -0.3 is 10.0 Å². The summed E-state index contributed by atoms with van der Waals surface area (Å²) in [5.41, 5.74) is -0.169. The number of sulfonamides is 1. The molecule has 0 aliphatic carbocycles. The maximum Gasteiger partial charge on any atom is 0.491 e. The van der Waals surface area contributed by atoms with Crippen molar-refractivity contribution < 1.29 is 22.9 Å². The van der Waals surface area contributed by atoms with Crippen LogP contribution in [-0.4, -0.2) is 43.0 Å². The molecule has 1 heterocycles. The van der Waals surface area contributed by atoms with Crippen molar-refractivity contribution in [2.24, 2.45) is 0 Å². The molecule has 2 N–H and O–H groups in total. The van der Waals surface area contributed by atoms with E-state index in [0.717, 1.165) is 25.0 Å². The first-order chi connectivity index (χ1) is 8.84. The minimum atomic E-state index is -3.70. The summed E-state index contributed by atoms with van der Waals surface area (Å²) in [6.45, 7) is 2.37. The molecule has 19 heavy (non-hydrogen) atoms. The van der Waals surface area contributed by atoms with Gasteiger partial charge in [-0.25, -0.2) is 12.8 Å². The predicted octanol–water partition coefficient (Wildman–Crippen LogP) is -0.402. The molecule has 0 amide bonds. The largest absolute Gasteiger partial charge is 0.491 e. The zero-order valence-corrected chi connectivity index (χ0v) is 11.3. The Morgan fingerprint density at radius 3 is 2.37 bits per heavy atom. The van der Waals surface area contributed by atoms with Crippen molar-refractivity contribution in [3.8, 4) is 0 Å². The lowest BCUT2D eigenvalue weighted by atomic mass is 9.79. The van der Waals surface area contributed by atoms with Crippen molar-refractivity contribution in [1.82, 2.24) is 4.31 Å². The van der Waals surface area contributed by atoms with E-state index in [4.69, 9.17) is 10.0 Å². The van der Waals surface area contributed by atoms with Crippen LogP contribution in [0.3, 0.4) is 0 Å². The van der Waals surface area contributed by atoms with Gasteiger partial charge >= 0.3 is 7.12 Å². The lowest BCUT2D eigenvalue weighted by Crippen LogP contribution is -2.35. The SMILES string of the molecule is Cc1cc(F)c(B(O)O)cc1S(=O)(=O)N1CCCC1. The molecule has 0 unspecified atom stereocenters. The zero-order chi connectivity index (χ0) is 14.2. The van der Waals surface area contributed by atoms with Crippen LogP contribution in [0.4, 0.5) is 4.39 Å². The highest BCUT2D eigenvalue weighted by Gasteiger charge is 2.30. The highest BCUT2D eigenvalue weighted by Crippen LogP contribution is 2.23. The Kier molecular flexibility index (Phi) is 3.96. The van der Waals surface area contributed by atoms with Crippen LogP contribution in [0.2, 0.25) is 0 Å². The Balaban J connectivity index is 2.52. The van der Waals surface area contributed by atoms with Crippen LogP contribution in [0.25, 0.3) is 0 Å². The van der Waals surface area contributed by atoms with E-state index in [1.807, 2.05) is 0 Å². The van der Waals surface area contributed by atoms with Gasteiger partial charge in [-0.3, -0.25) is 0 Å². The highest BCUT2D eigenvalue weighted by atomic mass is 32.2. The number of nitrogens with zero attached hydrogens (tertiary/aromatic N) is 1. The number of rotatable bonds is 3. The summed E-state index contributed by atoms with van der Waals surface area (Å²) in [5, 5.41) is 18.1. The van der Waals surface area contributed by atoms with Crippen LogP contribution in [-0.2, 0) is 10.0 Å². The second-order valence-corrected chi connectivity index (χ2v) is 6.53. The molecule has 1 saturated heterocycles. The molecule has 104 valence electrons. The quantitative estimate of drug-likeness (QED) is 0.741. The molecule has 1 aliphatic heterocycles. The molecule has 1 fully saturated rings. The van der Waals surface area contributed by atoms with E-state index in [0.29, 0.717) is 13.1 Å². The van der Waals surface area contributed by atoms with Crippen LogP contribution in [0.15, 0.2) is 17.0 Å². The van der Waals surface area contributed by atoms with Gasteiger partial charge in [0.2, 0.25) is 10.0 Å². The topological polar surface area (TPSA) is 77.8 Å². The van der Waals surface area contributed by atoms with E-state index in [9.17, 15) is 12.8 Å². The Labute approximate surface area is 111 Å². The minimum Gasteiger partial charge on any atom is -0.423 e. The molecule has 2 rings (SSSR count). The Hall–Kier alpha value is -0.955. The molecule has 0 saturated carbocycles. The maximum absolute atomic E-state index is 13.5. The Morgan fingerprint density at radius 2 is 1.84 bits per heavy atom. The third-order valence-electron chi connectivity index (χ3n) is 3.26. The Morgan fingerprint density at radius 1 is 1.26 bits per heavy atom. The second-order valence-electron chi connectivity index (χ2n) is 4.62. The lowest BCUT2D eigenvalue weighted by Gasteiger charge is -2.18. The normalized spacial score (nSPS) is 16.8. The highest BCUT2D eigenvalue weighted by molar-refractivity contribution is 7.89. The van der Waals surface area contributed by atoms with Crippen molar-refractivity contribution in [1.29, 1.82) is 0 Å². The first-order valence-corrected chi connectivity index (χ1v) is 7.44. The summed E-state index contributed by atoms with van der Waals surface area (Å²) in [6, 6.07) is 2.01. The van der Waals surface area contributed by atoms with E-state index in [1.54, 1.807) is 0 Å². The van der Waals surface area contributed by atoms with Gasteiger partial charge in [0, 0.05) is 18.6 Å². The van der Waals surface area contributed by atoms with E-state index >= 15 is 0 Å². The molecule has 5 nitrogen and oxygen atoms in total.